The summed E-state index contributed by atoms with van der Waals surface area (Å²) >= 11 is 6.57. The largest absolute Gasteiger partial charge is 0.492 e. The lowest BCUT2D eigenvalue weighted by atomic mass is 9.79. The standard InChI is InChI=1S/C25H33ClN2O3/c1-16(2)27(6)21-15-28-20(14-22(21)29)18-13-19(26)23(31-10-8-9-30-7)11-17(18)12-24(28)25(3,4)5/h11,13-15,24H,1,8-10,12H2,2-7H3. The summed E-state index contributed by atoms with van der Waals surface area (Å²) in [4.78, 5) is 14.8. The van der Waals surface area contributed by atoms with E-state index in [1.165, 1.54) is 0 Å². The van der Waals surface area contributed by atoms with Crippen molar-refractivity contribution in [3.63, 3.8) is 0 Å². The number of fused-ring (bicyclic) bond motifs is 3. The van der Waals surface area contributed by atoms with Gasteiger partial charge >= 0.3 is 0 Å². The van der Waals surface area contributed by atoms with Gasteiger partial charge in [0.25, 0.3) is 0 Å². The Labute approximate surface area is 190 Å². The first-order chi connectivity index (χ1) is 14.5. The molecule has 1 aliphatic heterocycles. The second kappa shape index (κ2) is 9.09. The van der Waals surface area contributed by atoms with Crippen LogP contribution in [0.2, 0.25) is 5.02 Å². The zero-order valence-electron chi connectivity index (χ0n) is 19.4. The van der Waals surface area contributed by atoms with E-state index in [1.807, 2.05) is 37.2 Å². The van der Waals surface area contributed by atoms with Crippen LogP contribution in [0.4, 0.5) is 5.69 Å². The molecule has 1 atom stereocenters. The van der Waals surface area contributed by atoms with Crippen molar-refractivity contribution in [1.82, 2.24) is 4.57 Å². The first-order valence-corrected chi connectivity index (χ1v) is 11.0. The van der Waals surface area contributed by atoms with Crippen molar-refractivity contribution in [2.45, 2.75) is 46.6 Å². The Morgan fingerprint density at radius 3 is 2.61 bits per heavy atom. The molecule has 1 aromatic carbocycles. The minimum atomic E-state index is -0.0340. The van der Waals surface area contributed by atoms with E-state index in [4.69, 9.17) is 21.1 Å². The van der Waals surface area contributed by atoms with Gasteiger partial charge in [-0.15, -0.1) is 0 Å². The number of halogens is 1. The maximum atomic E-state index is 13.0. The minimum absolute atomic E-state index is 0.0142. The molecular formula is C25H33ClN2O3. The van der Waals surface area contributed by atoms with Crippen molar-refractivity contribution < 1.29 is 9.47 Å². The van der Waals surface area contributed by atoms with Crippen molar-refractivity contribution in [3.8, 4) is 17.0 Å². The molecule has 0 amide bonds. The second-order valence-corrected chi connectivity index (χ2v) is 9.74. The molecule has 0 saturated carbocycles. The summed E-state index contributed by atoms with van der Waals surface area (Å²) in [5, 5.41) is 0.549. The topological polar surface area (TPSA) is 43.7 Å². The van der Waals surface area contributed by atoms with Gasteiger partial charge in [-0.05, 0) is 36.5 Å². The van der Waals surface area contributed by atoms with Gasteiger partial charge in [-0.1, -0.05) is 39.0 Å². The maximum absolute atomic E-state index is 13.0. The van der Waals surface area contributed by atoms with E-state index in [2.05, 4.69) is 31.9 Å². The van der Waals surface area contributed by atoms with Crippen molar-refractivity contribution in [1.29, 1.82) is 0 Å². The summed E-state index contributed by atoms with van der Waals surface area (Å²) in [7, 11) is 3.55. The third-order valence-electron chi connectivity index (χ3n) is 5.93. The first-order valence-electron chi connectivity index (χ1n) is 10.6. The van der Waals surface area contributed by atoms with Crippen LogP contribution in [0.15, 0.2) is 41.5 Å². The molecule has 0 aliphatic carbocycles. The van der Waals surface area contributed by atoms with Crippen LogP contribution in [-0.2, 0) is 11.2 Å². The molecule has 1 aliphatic rings. The van der Waals surface area contributed by atoms with E-state index in [-0.39, 0.29) is 16.9 Å². The third kappa shape index (κ3) is 4.83. The Kier molecular flexibility index (Phi) is 6.87. The van der Waals surface area contributed by atoms with Crippen LogP contribution < -0.4 is 15.1 Å². The number of hydrogen-bond donors (Lipinski definition) is 0. The van der Waals surface area contributed by atoms with Gasteiger partial charge in [0.1, 0.15) is 11.4 Å². The van der Waals surface area contributed by atoms with Gasteiger partial charge in [-0.25, -0.2) is 0 Å². The molecule has 5 nitrogen and oxygen atoms in total. The number of allylic oxidation sites excluding steroid dienone is 1. The lowest BCUT2D eigenvalue weighted by Crippen LogP contribution is -2.33. The maximum Gasteiger partial charge on any atom is 0.205 e. The summed E-state index contributed by atoms with van der Waals surface area (Å²) in [6.45, 7) is 13.8. The monoisotopic (exact) mass is 444 g/mol. The Bertz CT molecular complexity index is 1040. The van der Waals surface area contributed by atoms with Crippen LogP contribution in [0.3, 0.4) is 0 Å². The van der Waals surface area contributed by atoms with E-state index in [1.54, 1.807) is 13.2 Å². The van der Waals surface area contributed by atoms with Gasteiger partial charge < -0.3 is 18.9 Å². The molecule has 1 aromatic heterocycles. The lowest BCUT2D eigenvalue weighted by Gasteiger charge is -2.39. The molecule has 0 N–H and O–H groups in total. The molecule has 168 valence electrons. The van der Waals surface area contributed by atoms with Crippen LogP contribution in [0.1, 0.15) is 45.7 Å². The van der Waals surface area contributed by atoms with E-state index in [0.29, 0.717) is 29.7 Å². The number of hydrogen-bond acceptors (Lipinski definition) is 4. The van der Waals surface area contributed by atoms with E-state index < -0.39 is 0 Å². The zero-order valence-corrected chi connectivity index (χ0v) is 20.2. The average molecular weight is 445 g/mol. The summed E-state index contributed by atoms with van der Waals surface area (Å²) in [5.74, 6) is 0.679. The molecule has 0 saturated heterocycles. The molecule has 0 radical (unpaired) electrons. The van der Waals surface area contributed by atoms with Gasteiger partial charge in [0.15, 0.2) is 0 Å². The number of anilines is 1. The third-order valence-corrected chi connectivity index (χ3v) is 6.22. The molecule has 0 fully saturated rings. The Morgan fingerprint density at radius 1 is 1.29 bits per heavy atom. The van der Waals surface area contributed by atoms with Crippen LogP contribution in [0.5, 0.6) is 5.75 Å². The molecule has 0 spiro atoms. The fourth-order valence-corrected chi connectivity index (χ4v) is 4.22. The number of pyridine rings is 1. The fourth-order valence-electron chi connectivity index (χ4n) is 4.00. The summed E-state index contributed by atoms with van der Waals surface area (Å²) < 4.78 is 13.2. The Morgan fingerprint density at radius 2 is 2.00 bits per heavy atom. The molecule has 0 bridgehead atoms. The SMILES string of the molecule is C=C(C)N(C)c1cn2c(cc1=O)-c1cc(Cl)c(OCCCOC)cc1CC2C(C)(C)C. The number of nitrogens with zero attached hydrogens (tertiary/aromatic N) is 2. The van der Waals surface area contributed by atoms with Gasteiger partial charge in [-0.3, -0.25) is 4.79 Å². The highest BCUT2D eigenvalue weighted by Crippen LogP contribution is 2.45. The van der Waals surface area contributed by atoms with Crippen LogP contribution in [-0.4, -0.2) is 31.9 Å². The number of aromatic nitrogens is 1. The van der Waals surface area contributed by atoms with Gasteiger partial charge in [0.05, 0.1) is 17.3 Å². The molecule has 1 unspecified atom stereocenters. The van der Waals surface area contributed by atoms with E-state index in [9.17, 15) is 4.79 Å². The number of rotatable bonds is 7. The quantitative estimate of drug-likeness (QED) is 0.514. The van der Waals surface area contributed by atoms with Crippen molar-refractivity contribution in [2.24, 2.45) is 5.41 Å². The van der Waals surface area contributed by atoms with Gasteiger partial charge in [-0.2, -0.15) is 0 Å². The smallest absolute Gasteiger partial charge is 0.205 e. The minimum Gasteiger partial charge on any atom is -0.492 e. The van der Waals surface area contributed by atoms with E-state index in [0.717, 1.165) is 35.4 Å². The van der Waals surface area contributed by atoms with Crippen LogP contribution in [0.25, 0.3) is 11.3 Å². The number of ether oxygens (including phenoxy) is 2. The van der Waals surface area contributed by atoms with Crippen molar-refractivity contribution in [2.75, 3.05) is 32.3 Å². The zero-order chi connectivity index (χ0) is 22.9. The fraction of sp³-hybridized carbons (Fsp3) is 0.480. The van der Waals surface area contributed by atoms with E-state index >= 15 is 0 Å². The predicted octanol–water partition coefficient (Wildman–Crippen LogP) is 5.70. The summed E-state index contributed by atoms with van der Waals surface area (Å²) in [6, 6.07) is 5.86. The second-order valence-electron chi connectivity index (χ2n) is 9.33. The number of benzene rings is 1. The van der Waals surface area contributed by atoms with Gasteiger partial charge in [0.2, 0.25) is 5.43 Å². The highest BCUT2D eigenvalue weighted by molar-refractivity contribution is 6.32. The summed E-state index contributed by atoms with van der Waals surface area (Å²) in [5.41, 5.74) is 4.41. The number of methoxy groups -OCH3 is 1. The molecule has 2 aromatic rings. The normalized spacial score (nSPS) is 15.3. The highest BCUT2D eigenvalue weighted by Gasteiger charge is 2.33. The van der Waals surface area contributed by atoms with Crippen LogP contribution in [0, 0.1) is 5.41 Å². The van der Waals surface area contributed by atoms with Crippen molar-refractivity contribution >= 4 is 17.3 Å². The predicted molar refractivity (Wildman–Crippen MR) is 129 cm³/mol. The molecule has 2 heterocycles. The Balaban J connectivity index is 2.12. The average Bonchev–Trinajstić information content (AvgIpc) is 2.69. The molecule has 31 heavy (non-hydrogen) atoms. The lowest BCUT2D eigenvalue weighted by molar-refractivity contribution is 0.172. The van der Waals surface area contributed by atoms with Crippen molar-refractivity contribution in [3.05, 3.63) is 57.5 Å². The summed E-state index contributed by atoms with van der Waals surface area (Å²) in [6.07, 6.45) is 3.59. The highest BCUT2D eigenvalue weighted by atomic mass is 35.5. The molecular weight excluding hydrogens is 412 g/mol. The first kappa shape index (κ1) is 23.4. The Hall–Kier alpha value is -2.24. The molecule has 3 rings (SSSR count). The van der Waals surface area contributed by atoms with Crippen LogP contribution >= 0.6 is 11.6 Å². The van der Waals surface area contributed by atoms with Gasteiger partial charge in [0, 0.05) is 56.8 Å². The molecule has 6 heteroatoms.